The van der Waals surface area contributed by atoms with Crippen molar-refractivity contribution in [2.24, 2.45) is 40.9 Å². The molecule has 0 heterocycles. The minimum Gasteiger partial charge on any atom is -0.0654 e. The normalized spacial score (nSPS) is 20.5. The number of hydrogen-bond acceptors (Lipinski definition) is 0. The Kier molecular flexibility index (Phi) is 15.8. The van der Waals surface area contributed by atoms with Crippen molar-refractivity contribution < 1.29 is 0 Å². The van der Waals surface area contributed by atoms with Gasteiger partial charge in [-0.2, -0.15) is 0 Å². The highest BCUT2D eigenvalue weighted by Crippen LogP contribution is 2.49. The molecule has 0 bridgehead atoms. The number of unbranched alkanes of at least 4 members (excludes halogenated alkanes) is 1. The van der Waals surface area contributed by atoms with E-state index in [1.54, 1.807) is 0 Å². The summed E-state index contributed by atoms with van der Waals surface area (Å²) in [4.78, 5) is 0. The molecule has 0 aromatic heterocycles. The molecule has 176 valence electrons. The summed E-state index contributed by atoms with van der Waals surface area (Å²) >= 11 is 0. The highest BCUT2D eigenvalue weighted by molar-refractivity contribution is 4.89. The lowest BCUT2D eigenvalue weighted by Gasteiger charge is -2.46. The van der Waals surface area contributed by atoms with Gasteiger partial charge in [0.2, 0.25) is 0 Å². The second kappa shape index (κ2) is 15.8. The van der Waals surface area contributed by atoms with Gasteiger partial charge in [-0.3, -0.25) is 0 Å². The van der Waals surface area contributed by atoms with Crippen molar-refractivity contribution in [1.29, 1.82) is 0 Å². The minimum absolute atomic E-state index is 0.506. The smallest absolute Gasteiger partial charge is 0.0269 e. The van der Waals surface area contributed by atoms with Crippen LogP contribution in [0.1, 0.15) is 146 Å². The summed E-state index contributed by atoms with van der Waals surface area (Å²) in [6.07, 6.45) is 16.8. The van der Waals surface area contributed by atoms with Gasteiger partial charge < -0.3 is 0 Å². The Morgan fingerprint density at radius 2 is 1.31 bits per heavy atom. The molecule has 0 aliphatic heterocycles. The maximum absolute atomic E-state index is 2.70. The molecule has 0 heteroatoms. The average molecular weight is 409 g/mol. The molecule has 0 radical (unpaired) electrons. The second-order valence-electron chi connectivity index (χ2n) is 11.2. The number of hydrogen-bond donors (Lipinski definition) is 0. The first-order chi connectivity index (χ1) is 13.7. The summed E-state index contributed by atoms with van der Waals surface area (Å²) in [5.41, 5.74) is 0.506. The van der Waals surface area contributed by atoms with Gasteiger partial charge in [-0.15, -0.1) is 0 Å². The third-order valence-electron chi connectivity index (χ3n) is 9.00. The van der Waals surface area contributed by atoms with Crippen LogP contribution in [-0.4, -0.2) is 0 Å². The standard InChI is InChI=1S/C29H60/c1-11-16-18-27(20-19-25(8)24(7)14-4)22-29(10,26(9)17-12-2)28(15-5)21-23(6)13-3/h23-28H,11-22H2,1-10H3. The minimum atomic E-state index is 0.506. The van der Waals surface area contributed by atoms with Crippen LogP contribution in [0.4, 0.5) is 0 Å². The van der Waals surface area contributed by atoms with E-state index in [4.69, 9.17) is 0 Å². The fraction of sp³-hybridized carbons (Fsp3) is 1.00. The van der Waals surface area contributed by atoms with Crippen molar-refractivity contribution in [2.45, 2.75) is 146 Å². The molecular weight excluding hydrogens is 348 g/mol. The molecule has 0 amide bonds. The Hall–Kier alpha value is 0. The zero-order valence-electron chi connectivity index (χ0n) is 22.4. The Balaban J connectivity index is 5.49. The molecule has 0 saturated carbocycles. The van der Waals surface area contributed by atoms with E-state index in [1.165, 1.54) is 77.0 Å². The van der Waals surface area contributed by atoms with Gasteiger partial charge >= 0.3 is 0 Å². The van der Waals surface area contributed by atoms with Crippen LogP contribution >= 0.6 is 0 Å². The maximum Gasteiger partial charge on any atom is -0.0269 e. The molecule has 0 aromatic carbocycles. The summed E-state index contributed by atoms with van der Waals surface area (Å²) in [6.45, 7) is 24.7. The van der Waals surface area contributed by atoms with E-state index >= 15 is 0 Å². The lowest BCUT2D eigenvalue weighted by atomic mass is 9.59. The second-order valence-corrected chi connectivity index (χ2v) is 11.2. The van der Waals surface area contributed by atoms with Gasteiger partial charge in [-0.25, -0.2) is 0 Å². The van der Waals surface area contributed by atoms with E-state index in [9.17, 15) is 0 Å². The summed E-state index contributed by atoms with van der Waals surface area (Å²) in [6, 6.07) is 0. The molecule has 0 N–H and O–H groups in total. The van der Waals surface area contributed by atoms with Crippen LogP contribution in [0.2, 0.25) is 0 Å². The zero-order chi connectivity index (χ0) is 22.4. The highest BCUT2D eigenvalue weighted by Gasteiger charge is 2.39. The third-order valence-corrected chi connectivity index (χ3v) is 9.00. The zero-order valence-corrected chi connectivity index (χ0v) is 22.4. The van der Waals surface area contributed by atoms with Gasteiger partial charge in [-0.05, 0) is 53.8 Å². The summed E-state index contributed by atoms with van der Waals surface area (Å²) in [5.74, 6) is 5.28. The lowest BCUT2D eigenvalue weighted by Crippen LogP contribution is -2.37. The molecule has 0 saturated heterocycles. The molecule has 29 heavy (non-hydrogen) atoms. The molecule has 0 nitrogen and oxygen atoms in total. The van der Waals surface area contributed by atoms with Crippen LogP contribution in [0.15, 0.2) is 0 Å². The van der Waals surface area contributed by atoms with Crippen LogP contribution in [0.3, 0.4) is 0 Å². The molecule has 0 aromatic rings. The lowest BCUT2D eigenvalue weighted by molar-refractivity contribution is 0.0387. The van der Waals surface area contributed by atoms with Crippen molar-refractivity contribution in [3.63, 3.8) is 0 Å². The third kappa shape index (κ3) is 10.2. The molecular formula is C29H60. The van der Waals surface area contributed by atoms with E-state index in [0.717, 1.165) is 35.5 Å². The largest absolute Gasteiger partial charge is 0.0654 e. The Morgan fingerprint density at radius 3 is 1.79 bits per heavy atom. The van der Waals surface area contributed by atoms with Gasteiger partial charge in [0.05, 0.1) is 0 Å². The first-order valence-electron chi connectivity index (χ1n) is 13.7. The first-order valence-corrected chi connectivity index (χ1v) is 13.7. The van der Waals surface area contributed by atoms with E-state index in [2.05, 4.69) is 69.2 Å². The van der Waals surface area contributed by atoms with Crippen LogP contribution in [0.5, 0.6) is 0 Å². The van der Waals surface area contributed by atoms with E-state index in [0.29, 0.717) is 5.41 Å². The predicted octanol–water partition coefficient (Wildman–Crippen LogP) is 10.6. The molecule has 0 spiro atoms. The molecule has 0 rings (SSSR count). The van der Waals surface area contributed by atoms with E-state index in [1.807, 2.05) is 0 Å². The van der Waals surface area contributed by atoms with Crippen LogP contribution in [0.25, 0.3) is 0 Å². The molecule has 0 aliphatic carbocycles. The monoisotopic (exact) mass is 408 g/mol. The van der Waals surface area contributed by atoms with Gasteiger partial charge in [0.15, 0.2) is 0 Å². The van der Waals surface area contributed by atoms with Crippen LogP contribution in [-0.2, 0) is 0 Å². The maximum atomic E-state index is 2.70. The van der Waals surface area contributed by atoms with Gasteiger partial charge in [0, 0.05) is 0 Å². The van der Waals surface area contributed by atoms with E-state index < -0.39 is 0 Å². The van der Waals surface area contributed by atoms with Crippen molar-refractivity contribution in [2.75, 3.05) is 0 Å². The Labute approximate surface area is 187 Å². The average Bonchev–Trinajstić information content (AvgIpc) is 2.72. The van der Waals surface area contributed by atoms with Crippen LogP contribution < -0.4 is 0 Å². The highest BCUT2D eigenvalue weighted by atomic mass is 14.4. The molecule has 7 atom stereocenters. The first kappa shape index (κ1) is 29.0. The van der Waals surface area contributed by atoms with E-state index in [-0.39, 0.29) is 0 Å². The quantitative estimate of drug-likeness (QED) is 0.211. The SMILES string of the molecule is CCCCC(CCC(C)C(C)CC)CC(C)(C(C)CCC)C(CC)CC(C)CC. The summed E-state index contributed by atoms with van der Waals surface area (Å²) in [7, 11) is 0. The summed E-state index contributed by atoms with van der Waals surface area (Å²) in [5, 5.41) is 0. The molecule has 7 unspecified atom stereocenters. The number of rotatable bonds is 18. The fourth-order valence-corrected chi connectivity index (χ4v) is 5.74. The van der Waals surface area contributed by atoms with Crippen molar-refractivity contribution >= 4 is 0 Å². The summed E-state index contributed by atoms with van der Waals surface area (Å²) < 4.78 is 0. The van der Waals surface area contributed by atoms with Gasteiger partial charge in [0.25, 0.3) is 0 Å². The predicted molar refractivity (Wildman–Crippen MR) is 136 cm³/mol. The van der Waals surface area contributed by atoms with Gasteiger partial charge in [-0.1, -0.05) is 133 Å². The Morgan fingerprint density at radius 1 is 0.655 bits per heavy atom. The van der Waals surface area contributed by atoms with Gasteiger partial charge in [0.1, 0.15) is 0 Å². The molecule has 0 fully saturated rings. The van der Waals surface area contributed by atoms with Crippen molar-refractivity contribution in [3.8, 4) is 0 Å². The molecule has 0 aliphatic rings. The topological polar surface area (TPSA) is 0 Å². The van der Waals surface area contributed by atoms with Crippen molar-refractivity contribution in [1.82, 2.24) is 0 Å². The van der Waals surface area contributed by atoms with Crippen molar-refractivity contribution in [3.05, 3.63) is 0 Å². The Bertz CT molecular complexity index is 372. The fourth-order valence-electron chi connectivity index (χ4n) is 5.74. The van der Waals surface area contributed by atoms with Crippen LogP contribution in [0, 0.1) is 40.9 Å².